The van der Waals surface area contributed by atoms with Gasteiger partial charge in [0, 0.05) is 24.0 Å². The average Bonchev–Trinajstić information content (AvgIpc) is 2.85. The van der Waals surface area contributed by atoms with Crippen molar-refractivity contribution in [3.05, 3.63) is 30.1 Å². The molecule has 3 heteroatoms. The highest BCUT2D eigenvalue weighted by Crippen LogP contribution is 2.41. The zero-order valence-electron chi connectivity index (χ0n) is 6.90. The number of rotatable bonds is 2. The molecule has 1 aromatic rings. The second-order valence-electron chi connectivity index (χ2n) is 3.49. The summed E-state index contributed by atoms with van der Waals surface area (Å²) in [6, 6.07) is 3.83. The molecular formula is C9H13N3. The van der Waals surface area contributed by atoms with Crippen LogP contribution in [0.15, 0.2) is 24.5 Å². The van der Waals surface area contributed by atoms with Crippen LogP contribution in [0.1, 0.15) is 24.4 Å². The van der Waals surface area contributed by atoms with E-state index in [2.05, 4.69) is 4.98 Å². The fraction of sp³-hybridized carbons (Fsp3) is 0.444. The number of hydrogen-bond donors (Lipinski definition) is 2. The van der Waals surface area contributed by atoms with Crippen LogP contribution < -0.4 is 11.5 Å². The highest BCUT2D eigenvalue weighted by atomic mass is 14.9. The normalized spacial score (nSPS) is 21.8. The first-order chi connectivity index (χ1) is 5.72. The summed E-state index contributed by atoms with van der Waals surface area (Å²) in [5.41, 5.74) is 12.9. The first-order valence-electron chi connectivity index (χ1n) is 4.17. The summed E-state index contributed by atoms with van der Waals surface area (Å²) >= 11 is 0. The van der Waals surface area contributed by atoms with Gasteiger partial charge in [-0.25, -0.2) is 0 Å². The van der Waals surface area contributed by atoms with Gasteiger partial charge >= 0.3 is 0 Å². The summed E-state index contributed by atoms with van der Waals surface area (Å²) in [6.07, 6.45) is 5.58. The Balaban J connectivity index is 2.20. The SMILES string of the molecule is NC(c1ccncc1)C1(N)CC1. The van der Waals surface area contributed by atoms with Crippen molar-refractivity contribution >= 4 is 0 Å². The molecule has 64 valence electrons. The molecule has 1 aliphatic carbocycles. The van der Waals surface area contributed by atoms with E-state index < -0.39 is 0 Å². The molecule has 0 aliphatic heterocycles. The van der Waals surface area contributed by atoms with Crippen molar-refractivity contribution in [2.75, 3.05) is 0 Å². The van der Waals surface area contributed by atoms with Crippen molar-refractivity contribution in [3.63, 3.8) is 0 Å². The van der Waals surface area contributed by atoms with Crippen LogP contribution in [-0.2, 0) is 0 Å². The number of nitrogens with two attached hydrogens (primary N) is 2. The summed E-state index contributed by atoms with van der Waals surface area (Å²) in [5.74, 6) is 0. The minimum absolute atomic E-state index is 0.0273. The van der Waals surface area contributed by atoms with Crippen LogP contribution in [0.25, 0.3) is 0 Å². The quantitative estimate of drug-likeness (QED) is 0.670. The lowest BCUT2D eigenvalue weighted by molar-refractivity contribution is 0.535. The smallest absolute Gasteiger partial charge is 0.0479 e. The van der Waals surface area contributed by atoms with Crippen molar-refractivity contribution in [1.82, 2.24) is 4.98 Å². The van der Waals surface area contributed by atoms with E-state index in [1.807, 2.05) is 12.1 Å². The summed E-state index contributed by atoms with van der Waals surface area (Å²) in [4.78, 5) is 3.93. The van der Waals surface area contributed by atoms with Crippen LogP contribution in [0.2, 0.25) is 0 Å². The summed E-state index contributed by atoms with van der Waals surface area (Å²) in [6.45, 7) is 0. The molecule has 0 radical (unpaired) electrons. The van der Waals surface area contributed by atoms with E-state index in [0.29, 0.717) is 0 Å². The second kappa shape index (κ2) is 2.54. The van der Waals surface area contributed by atoms with Gasteiger partial charge in [-0.05, 0) is 30.5 Å². The lowest BCUT2D eigenvalue weighted by atomic mass is 10.0. The third-order valence-electron chi connectivity index (χ3n) is 2.51. The van der Waals surface area contributed by atoms with E-state index in [-0.39, 0.29) is 11.6 Å². The van der Waals surface area contributed by atoms with Crippen LogP contribution in [0.4, 0.5) is 0 Å². The Kier molecular flexibility index (Phi) is 1.63. The first-order valence-corrected chi connectivity index (χ1v) is 4.17. The van der Waals surface area contributed by atoms with Crippen LogP contribution in [0, 0.1) is 0 Å². The third kappa shape index (κ3) is 1.21. The molecule has 1 aliphatic rings. The molecule has 1 heterocycles. The topological polar surface area (TPSA) is 64.9 Å². The predicted octanol–water partition coefficient (Wildman–Crippen LogP) is 0.573. The number of nitrogens with zero attached hydrogens (tertiary/aromatic N) is 1. The van der Waals surface area contributed by atoms with Gasteiger partial charge in [0.25, 0.3) is 0 Å². The molecule has 4 N–H and O–H groups in total. The van der Waals surface area contributed by atoms with Gasteiger partial charge in [0.05, 0.1) is 0 Å². The van der Waals surface area contributed by atoms with Crippen molar-refractivity contribution in [2.45, 2.75) is 24.4 Å². The van der Waals surface area contributed by atoms with E-state index in [1.54, 1.807) is 12.4 Å². The van der Waals surface area contributed by atoms with Gasteiger partial charge in [-0.3, -0.25) is 4.98 Å². The molecule has 0 aromatic carbocycles. The maximum absolute atomic E-state index is 5.98. The van der Waals surface area contributed by atoms with Gasteiger partial charge in [0.1, 0.15) is 0 Å². The van der Waals surface area contributed by atoms with Crippen LogP contribution in [0.5, 0.6) is 0 Å². The summed E-state index contributed by atoms with van der Waals surface area (Å²) < 4.78 is 0. The Hall–Kier alpha value is -0.930. The molecule has 1 atom stereocenters. The van der Waals surface area contributed by atoms with Crippen molar-refractivity contribution in [2.24, 2.45) is 11.5 Å². The van der Waals surface area contributed by atoms with Gasteiger partial charge in [-0.2, -0.15) is 0 Å². The zero-order chi connectivity index (χ0) is 8.60. The molecule has 2 rings (SSSR count). The van der Waals surface area contributed by atoms with E-state index in [9.17, 15) is 0 Å². The van der Waals surface area contributed by atoms with Gasteiger partial charge in [0.2, 0.25) is 0 Å². The fourth-order valence-corrected chi connectivity index (χ4v) is 1.36. The maximum atomic E-state index is 5.98. The van der Waals surface area contributed by atoms with Gasteiger partial charge in [0.15, 0.2) is 0 Å². The molecule has 12 heavy (non-hydrogen) atoms. The average molecular weight is 163 g/mol. The summed E-state index contributed by atoms with van der Waals surface area (Å²) in [7, 11) is 0. The third-order valence-corrected chi connectivity index (χ3v) is 2.51. The molecule has 0 spiro atoms. The first kappa shape index (κ1) is 7.71. The van der Waals surface area contributed by atoms with Crippen molar-refractivity contribution in [1.29, 1.82) is 0 Å². The lowest BCUT2D eigenvalue weighted by Crippen LogP contribution is -2.36. The second-order valence-corrected chi connectivity index (χ2v) is 3.49. The molecule has 0 saturated heterocycles. The van der Waals surface area contributed by atoms with Gasteiger partial charge in [-0.15, -0.1) is 0 Å². The molecular weight excluding hydrogens is 150 g/mol. The van der Waals surface area contributed by atoms with E-state index in [0.717, 1.165) is 18.4 Å². The highest BCUT2D eigenvalue weighted by molar-refractivity contribution is 5.23. The maximum Gasteiger partial charge on any atom is 0.0479 e. The standard InChI is InChI=1S/C9H13N3/c10-8(9(11)3-4-9)7-1-5-12-6-2-7/h1-2,5-6,8H,3-4,10-11H2. The minimum Gasteiger partial charge on any atom is -0.323 e. The van der Waals surface area contributed by atoms with Crippen LogP contribution in [0.3, 0.4) is 0 Å². The van der Waals surface area contributed by atoms with Gasteiger partial charge < -0.3 is 11.5 Å². The number of aromatic nitrogens is 1. The summed E-state index contributed by atoms with van der Waals surface area (Å²) in [5, 5.41) is 0. The Morgan fingerprint density at radius 3 is 2.42 bits per heavy atom. The largest absolute Gasteiger partial charge is 0.323 e. The molecule has 0 bridgehead atoms. The van der Waals surface area contributed by atoms with E-state index in [1.165, 1.54) is 0 Å². The Morgan fingerprint density at radius 2 is 1.92 bits per heavy atom. The Labute approximate surface area is 71.8 Å². The number of pyridine rings is 1. The highest BCUT2D eigenvalue weighted by Gasteiger charge is 2.44. The zero-order valence-corrected chi connectivity index (χ0v) is 6.90. The predicted molar refractivity (Wildman–Crippen MR) is 47.3 cm³/mol. The molecule has 3 nitrogen and oxygen atoms in total. The molecule has 1 fully saturated rings. The van der Waals surface area contributed by atoms with Crippen molar-refractivity contribution < 1.29 is 0 Å². The minimum atomic E-state index is -0.138. The molecule has 1 aromatic heterocycles. The number of hydrogen-bond acceptors (Lipinski definition) is 3. The van der Waals surface area contributed by atoms with Gasteiger partial charge in [-0.1, -0.05) is 0 Å². The van der Waals surface area contributed by atoms with Crippen molar-refractivity contribution in [3.8, 4) is 0 Å². The van der Waals surface area contributed by atoms with Crippen LogP contribution in [-0.4, -0.2) is 10.5 Å². The van der Waals surface area contributed by atoms with Crippen LogP contribution >= 0.6 is 0 Å². The Bertz CT molecular complexity index is 266. The van der Waals surface area contributed by atoms with E-state index in [4.69, 9.17) is 11.5 Å². The fourth-order valence-electron chi connectivity index (χ4n) is 1.36. The molecule has 1 saturated carbocycles. The molecule has 1 unspecified atom stereocenters. The molecule has 0 amide bonds. The lowest BCUT2D eigenvalue weighted by Gasteiger charge is -2.18. The monoisotopic (exact) mass is 163 g/mol. The van der Waals surface area contributed by atoms with E-state index >= 15 is 0 Å². The Morgan fingerprint density at radius 1 is 1.33 bits per heavy atom.